The minimum absolute atomic E-state index is 0.525. The molecule has 0 amide bonds. The zero-order valence-electron chi connectivity index (χ0n) is 17.6. The molecule has 0 aliphatic carbocycles. The summed E-state index contributed by atoms with van der Waals surface area (Å²) in [4.78, 5) is 8.77. The lowest BCUT2D eigenvalue weighted by molar-refractivity contribution is 0.310. The molecule has 0 radical (unpaired) electrons. The number of guanidine groups is 1. The Morgan fingerprint density at radius 1 is 1.03 bits per heavy atom. The summed E-state index contributed by atoms with van der Waals surface area (Å²) in [6, 6.07) is 15.7. The predicted octanol–water partition coefficient (Wildman–Crippen LogP) is 3.79. The highest BCUT2D eigenvalue weighted by Gasteiger charge is 2.07. The molecule has 0 saturated carbocycles. The highest BCUT2D eigenvalue weighted by atomic mass is 16.5. The van der Waals surface area contributed by atoms with E-state index in [0.717, 1.165) is 35.7 Å². The first-order valence-corrected chi connectivity index (χ1v) is 9.91. The number of benzene rings is 2. The Hall–Kier alpha value is -3.48. The van der Waals surface area contributed by atoms with Crippen molar-refractivity contribution in [3.8, 4) is 23.0 Å². The van der Waals surface area contributed by atoms with Crippen LogP contribution in [0.5, 0.6) is 11.5 Å². The Labute approximate surface area is 177 Å². The first kappa shape index (κ1) is 21.2. The van der Waals surface area contributed by atoms with Crippen LogP contribution in [0.4, 0.5) is 0 Å². The monoisotopic (exact) mass is 408 g/mol. The lowest BCUT2D eigenvalue weighted by Gasteiger charge is -2.11. The third-order valence-electron chi connectivity index (χ3n) is 4.45. The second-order valence-electron chi connectivity index (χ2n) is 6.74. The SMILES string of the molecule is CN=C(NCCCOc1ccc(OC)cc1)NCc1coc(-c2ccc(C)cc2)n1. The van der Waals surface area contributed by atoms with E-state index < -0.39 is 0 Å². The number of nitrogens with zero attached hydrogens (tertiary/aromatic N) is 2. The molecule has 0 aliphatic heterocycles. The number of hydrogen-bond donors (Lipinski definition) is 2. The Morgan fingerprint density at radius 2 is 1.77 bits per heavy atom. The summed E-state index contributed by atoms with van der Waals surface area (Å²) < 4.78 is 16.5. The van der Waals surface area contributed by atoms with E-state index >= 15 is 0 Å². The van der Waals surface area contributed by atoms with Crippen molar-refractivity contribution >= 4 is 5.96 Å². The van der Waals surface area contributed by atoms with Crippen molar-refractivity contribution in [1.82, 2.24) is 15.6 Å². The maximum absolute atomic E-state index is 5.72. The van der Waals surface area contributed by atoms with Gasteiger partial charge in [-0.3, -0.25) is 4.99 Å². The van der Waals surface area contributed by atoms with E-state index in [1.165, 1.54) is 5.56 Å². The average molecular weight is 409 g/mol. The van der Waals surface area contributed by atoms with Crippen LogP contribution in [-0.4, -0.2) is 38.3 Å². The van der Waals surface area contributed by atoms with Gasteiger partial charge in [-0.2, -0.15) is 0 Å². The predicted molar refractivity (Wildman–Crippen MR) is 118 cm³/mol. The highest BCUT2D eigenvalue weighted by molar-refractivity contribution is 5.79. The van der Waals surface area contributed by atoms with Gasteiger partial charge >= 0.3 is 0 Å². The van der Waals surface area contributed by atoms with Crippen LogP contribution in [0.1, 0.15) is 17.7 Å². The fraction of sp³-hybridized carbons (Fsp3) is 0.304. The van der Waals surface area contributed by atoms with E-state index in [2.05, 4.69) is 27.5 Å². The summed E-state index contributed by atoms with van der Waals surface area (Å²) in [7, 11) is 3.39. The normalized spacial score (nSPS) is 11.2. The van der Waals surface area contributed by atoms with Crippen LogP contribution in [0.15, 0.2) is 64.2 Å². The Bertz CT molecular complexity index is 934. The van der Waals surface area contributed by atoms with Crippen LogP contribution in [0.3, 0.4) is 0 Å². The number of aliphatic imine (C=N–C) groups is 1. The van der Waals surface area contributed by atoms with Gasteiger partial charge in [0.25, 0.3) is 0 Å². The fourth-order valence-electron chi connectivity index (χ4n) is 2.75. The smallest absolute Gasteiger partial charge is 0.226 e. The number of aryl methyl sites for hydroxylation is 1. The van der Waals surface area contributed by atoms with Crippen LogP contribution in [0.25, 0.3) is 11.5 Å². The Morgan fingerprint density at radius 3 is 2.47 bits per heavy atom. The van der Waals surface area contributed by atoms with Gasteiger partial charge in [-0.15, -0.1) is 0 Å². The van der Waals surface area contributed by atoms with Crippen molar-refractivity contribution in [3.63, 3.8) is 0 Å². The summed E-state index contributed by atoms with van der Waals surface area (Å²) >= 11 is 0. The van der Waals surface area contributed by atoms with Crippen LogP contribution in [0, 0.1) is 6.92 Å². The highest BCUT2D eigenvalue weighted by Crippen LogP contribution is 2.19. The molecule has 0 atom stereocenters. The lowest BCUT2D eigenvalue weighted by atomic mass is 10.1. The quantitative estimate of drug-likeness (QED) is 0.319. The van der Waals surface area contributed by atoms with Crippen molar-refractivity contribution in [2.24, 2.45) is 4.99 Å². The Balaban J connectivity index is 1.37. The fourth-order valence-corrected chi connectivity index (χ4v) is 2.75. The molecule has 2 aromatic carbocycles. The van der Waals surface area contributed by atoms with Gasteiger partial charge in [0, 0.05) is 19.2 Å². The summed E-state index contributed by atoms with van der Waals surface area (Å²) in [5.41, 5.74) is 2.99. The minimum Gasteiger partial charge on any atom is -0.497 e. The first-order valence-electron chi connectivity index (χ1n) is 9.91. The number of rotatable bonds is 9. The van der Waals surface area contributed by atoms with E-state index in [1.54, 1.807) is 20.4 Å². The van der Waals surface area contributed by atoms with E-state index in [-0.39, 0.29) is 0 Å². The molecule has 0 aliphatic rings. The maximum Gasteiger partial charge on any atom is 0.226 e. The van der Waals surface area contributed by atoms with Crippen LogP contribution >= 0.6 is 0 Å². The Kier molecular flexibility index (Phi) is 7.71. The molecule has 7 nitrogen and oxygen atoms in total. The second-order valence-corrected chi connectivity index (χ2v) is 6.74. The molecule has 1 aromatic heterocycles. The van der Waals surface area contributed by atoms with Crippen molar-refractivity contribution < 1.29 is 13.9 Å². The molecular formula is C23H28N4O3. The number of nitrogens with one attached hydrogen (secondary N) is 2. The second kappa shape index (κ2) is 10.9. The number of methoxy groups -OCH3 is 1. The summed E-state index contributed by atoms with van der Waals surface area (Å²) in [5, 5.41) is 6.51. The average Bonchev–Trinajstić information content (AvgIpc) is 3.25. The molecule has 158 valence electrons. The van der Waals surface area contributed by atoms with Gasteiger partial charge in [-0.1, -0.05) is 17.7 Å². The number of ether oxygens (including phenoxy) is 2. The van der Waals surface area contributed by atoms with Gasteiger partial charge in [0.1, 0.15) is 17.8 Å². The molecule has 30 heavy (non-hydrogen) atoms. The molecule has 0 fully saturated rings. The third-order valence-corrected chi connectivity index (χ3v) is 4.45. The summed E-state index contributed by atoms with van der Waals surface area (Å²) in [5.74, 6) is 2.97. The van der Waals surface area contributed by atoms with Gasteiger partial charge in [-0.25, -0.2) is 4.98 Å². The molecule has 0 bridgehead atoms. The van der Waals surface area contributed by atoms with E-state index in [4.69, 9.17) is 13.9 Å². The summed E-state index contributed by atoms with van der Waals surface area (Å²) in [6.07, 6.45) is 2.51. The van der Waals surface area contributed by atoms with Gasteiger partial charge in [0.05, 0.1) is 26.0 Å². The standard InChI is InChI=1S/C23H28N4O3/c1-17-5-7-18(8-6-17)22-27-19(16-30-22)15-26-23(24-2)25-13-4-14-29-21-11-9-20(28-3)10-12-21/h5-12,16H,4,13-15H2,1-3H3,(H2,24,25,26). The first-order chi connectivity index (χ1) is 14.7. The van der Waals surface area contributed by atoms with Gasteiger partial charge in [0.15, 0.2) is 5.96 Å². The molecule has 0 unspecified atom stereocenters. The van der Waals surface area contributed by atoms with Crippen molar-refractivity contribution in [2.45, 2.75) is 19.9 Å². The van der Waals surface area contributed by atoms with Crippen LogP contribution < -0.4 is 20.1 Å². The van der Waals surface area contributed by atoms with E-state index in [9.17, 15) is 0 Å². The molecule has 3 aromatic rings. The number of oxazole rings is 1. The molecule has 1 heterocycles. The molecule has 0 spiro atoms. The lowest BCUT2D eigenvalue weighted by Crippen LogP contribution is -2.37. The van der Waals surface area contributed by atoms with E-state index in [1.807, 2.05) is 48.5 Å². The largest absolute Gasteiger partial charge is 0.497 e. The molecular weight excluding hydrogens is 380 g/mol. The molecule has 7 heteroatoms. The van der Waals surface area contributed by atoms with Crippen molar-refractivity contribution in [2.75, 3.05) is 27.3 Å². The zero-order valence-corrected chi connectivity index (χ0v) is 17.6. The van der Waals surface area contributed by atoms with Gasteiger partial charge < -0.3 is 24.5 Å². The van der Waals surface area contributed by atoms with Gasteiger partial charge in [-0.05, 0) is 49.7 Å². The molecule has 2 N–H and O–H groups in total. The topological polar surface area (TPSA) is 80.9 Å². The van der Waals surface area contributed by atoms with Crippen molar-refractivity contribution in [3.05, 3.63) is 66.1 Å². The summed E-state index contributed by atoms with van der Waals surface area (Å²) in [6.45, 7) is 3.93. The molecule has 3 rings (SSSR count). The van der Waals surface area contributed by atoms with E-state index in [0.29, 0.717) is 25.0 Å². The minimum atomic E-state index is 0.525. The van der Waals surface area contributed by atoms with Crippen LogP contribution in [-0.2, 0) is 6.54 Å². The van der Waals surface area contributed by atoms with Crippen LogP contribution in [0.2, 0.25) is 0 Å². The van der Waals surface area contributed by atoms with Crippen molar-refractivity contribution in [1.29, 1.82) is 0 Å². The maximum atomic E-state index is 5.72. The van der Waals surface area contributed by atoms with Gasteiger partial charge in [0.2, 0.25) is 5.89 Å². The zero-order chi connectivity index (χ0) is 21.2. The molecule has 0 saturated heterocycles. The number of aromatic nitrogens is 1. The number of hydrogen-bond acceptors (Lipinski definition) is 5. The third kappa shape index (κ3) is 6.27.